The summed E-state index contributed by atoms with van der Waals surface area (Å²) >= 11 is 15.2. The van der Waals surface area contributed by atoms with Crippen LogP contribution in [0, 0.1) is 0 Å². The molecule has 0 spiro atoms. The first-order valence-corrected chi connectivity index (χ1v) is 5.82. The zero-order chi connectivity index (χ0) is 10.8. The fourth-order valence-corrected chi connectivity index (χ4v) is 2.14. The summed E-state index contributed by atoms with van der Waals surface area (Å²) in [7, 11) is 0. The molecule has 1 aromatic carbocycles. The van der Waals surface area contributed by atoms with Crippen LogP contribution in [-0.2, 0) is 6.54 Å². The highest BCUT2D eigenvalue weighted by Crippen LogP contribution is 2.22. The number of rotatable bonds is 2. The molecular weight excluding hydrogens is 299 g/mol. The van der Waals surface area contributed by atoms with Crippen molar-refractivity contribution in [1.29, 1.82) is 0 Å². The summed E-state index contributed by atoms with van der Waals surface area (Å²) in [6, 6.07) is 5.77. The third-order valence-corrected chi connectivity index (χ3v) is 2.99. The fraction of sp³-hybridized carbons (Fsp3) is 0.100. The number of hydrogen-bond donors (Lipinski definition) is 0. The molecule has 0 saturated carbocycles. The molecule has 0 aliphatic heterocycles. The van der Waals surface area contributed by atoms with Crippen molar-refractivity contribution in [3.63, 3.8) is 0 Å². The lowest BCUT2D eigenvalue weighted by Crippen LogP contribution is -2.00. The van der Waals surface area contributed by atoms with Gasteiger partial charge in [-0.1, -0.05) is 45.2 Å². The maximum Gasteiger partial charge on any atom is 0.0785 e. The molecule has 0 aliphatic carbocycles. The van der Waals surface area contributed by atoms with E-state index in [1.54, 1.807) is 17.1 Å². The molecule has 0 fully saturated rings. The highest BCUT2D eigenvalue weighted by Gasteiger charge is 2.03. The molecule has 5 heteroatoms. The van der Waals surface area contributed by atoms with E-state index >= 15 is 0 Å². The molecule has 0 bridgehead atoms. The van der Waals surface area contributed by atoms with Crippen molar-refractivity contribution in [1.82, 2.24) is 9.78 Å². The topological polar surface area (TPSA) is 17.8 Å². The molecule has 15 heavy (non-hydrogen) atoms. The Labute approximate surface area is 106 Å². The molecule has 1 heterocycles. The maximum absolute atomic E-state index is 6.08. The summed E-state index contributed by atoms with van der Waals surface area (Å²) in [5.74, 6) is 0. The Morgan fingerprint density at radius 3 is 2.73 bits per heavy atom. The van der Waals surface area contributed by atoms with Crippen LogP contribution in [0.2, 0.25) is 10.0 Å². The monoisotopic (exact) mass is 304 g/mol. The zero-order valence-electron chi connectivity index (χ0n) is 7.62. The van der Waals surface area contributed by atoms with E-state index in [0.29, 0.717) is 11.6 Å². The maximum atomic E-state index is 6.08. The van der Waals surface area contributed by atoms with Crippen molar-refractivity contribution in [2.24, 2.45) is 0 Å². The van der Waals surface area contributed by atoms with Gasteiger partial charge in [0.15, 0.2) is 0 Å². The van der Waals surface area contributed by atoms with Gasteiger partial charge in [0.25, 0.3) is 0 Å². The van der Waals surface area contributed by atoms with E-state index in [2.05, 4.69) is 21.0 Å². The Bertz CT molecular complexity index is 482. The number of benzene rings is 1. The standard InChI is InChI=1S/C10H7BrCl2N2/c11-8-2-1-7(10(13)3-8)5-15-6-9(12)4-14-15/h1-4,6H,5H2. The van der Waals surface area contributed by atoms with E-state index in [4.69, 9.17) is 23.2 Å². The van der Waals surface area contributed by atoms with Crippen LogP contribution in [0.15, 0.2) is 35.1 Å². The summed E-state index contributed by atoms with van der Waals surface area (Å²) < 4.78 is 2.71. The predicted octanol–water partition coefficient (Wildman–Crippen LogP) is 4.00. The molecule has 1 aromatic heterocycles. The fourth-order valence-electron chi connectivity index (χ4n) is 1.25. The second-order valence-corrected chi connectivity index (χ2v) is 4.85. The first kappa shape index (κ1) is 11.0. The summed E-state index contributed by atoms with van der Waals surface area (Å²) in [6.45, 7) is 0.624. The molecule has 2 aromatic rings. The van der Waals surface area contributed by atoms with Crippen molar-refractivity contribution in [2.75, 3.05) is 0 Å². The van der Waals surface area contributed by atoms with Gasteiger partial charge in [0.05, 0.1) is 17.8 Å². The van der Waals surface area contributed by atoms with Gasteiger partial charge >= 0.3 is 0 Å². The molecule has 78 valence electrons. The van der Waals surface area contributed by atoms with Crippen molar-refractivity contribution >= 4 is 39.1 Å². The number of hydrogen-bond acceptors (Lipinski definition) is 1. The molecule has 0 atom stereocenters. The third-order valence-electron chi connectivity index (χ3n) is 1.95. The van der Waals surface area contributed by atoms with Crippen LogP contribution in [0.5, 0.6) is 0 Å². The zero-order valence-corrected chi connectivity index (χ0v) is 10.7. The molecule has 0 saturated heterocycles. The van der Waals surface area contributed by atoms with Crippen LogP contribution in [0.1, 0.15) is 5.56 Å². The largest absolute Gasteiger partial charge is 0.267 e. The Balaban J connectivity index is 2.24. The van der Waals surface area contributed by atoms with Gasteiger partial charge in [-0.15, -0.1) is 0 Å². The minimum Gasteiger partial charge on any atom is -0.267 e. The van der Waals surface area contributed by atoms with Gasteiger partial charge < -0.3 is 0 Å². The molecule has 0 aliphatic rings. The molecule has 2 rings (SSSR count). The van der Waals surface area contributed by atoms with Gasteiger partial charge in [0, 0.05) is 15.7 Å². The van der Waals surface area contributed by atoms with E-state index < -0.39 is 0 Å². The lowest BCUT2D eigenvalue weighted by molar-refractivity contribution is 0.687. The second kappa shape index (κ2) is 4.56. The van der Waals surface area contributed by atoms with Crippen LogP contribution in [0.25, 0.3) is 0 Å². The lowest BCUT2D eigenvalue weighted by Gasteiger charge is -2.04. The van der Waals surface area contributed by atoms with E-state index in [0.717, 1.165) is 15.1 Å². The van der Waals surface area contributed by atoms with E-state index in [1.807, 2.05) is 18.2 Å². The predicted molar refractivity (Wildman–Crippen MR) is 65.5 cm³/mol. The first-order valence-electron chi connectivity index (χ1n) is 4.27. The van der Waals surface area contributed by atoms with E-state index in [9.17, 15) is 0 Å². The summed E-state index contributed by atoms with van der Waals surface area (Å²) in [5, 5.41) is 5.44. The lowest BCUT2D eigenvalue weighted by atomic mass is 10.2. The van der Waals surface area contributed by atoms with Gasteiger partial charge in [-0.25, -0.2) is 0 Å². The smallest absolute Gasteiger partial charge is 0.0785 e. The average molecular weight is 306 g/mol. The minimum atomic E-state index is 0.624. The van der Waals surface area contributed by atoms with Crippen LogP contribution in [0.3, 0.4) is 0 Å². The SMILES string of the molecule is Clc1cnn(Cc2ccc(Br)cc2Cl)c1. The number of aromatic nitrogens is 2. The summed E-state index contributed by atoms with van der Waals surface area (Å²) in [4.78, 5) is 0. The van der Waals surface area contributed by atoms with Crippen molar-refractivity contribution in [3.05, 3.63) is 50.7 Å². The Kier molecular flexibility index (Phi) is 3.34. The van der Waals surface area contributed by atoms with Gasteiger partial charge in [-0.2, -0.15) is 5.10 Å². The third kappa shape index (κ3) is 2.74. The number of nitrogens with zero attached hydrogens (tertiary/aromatic N) is 2. The minimum absolute atomic E-state index is 0.624. The molecule has 2 nitrogen and oxygen atoms in total. The Morgan fingerprint density at radius 2 is 2.13 bits per heavy atom. The van der Waals surface area contributed by atoms with Crippen LogP contribution < -0.4 is 0 Å². The summed E-state index contributed by atoms with van der Waals surface area (Å²) in [5.41, 5.74) is 1.01. The normalized spacial score (nSPS) is 10.6. The second-order valence-electron chi connectivity index (χ2n) is 3.09. The van der Waals surface area contributed by atoms with E-state index in [-0.39, 0.29) is 0 Å². The van der Waals surface area contributed by atoms with Gasteiger partial charge in [0.1, 0.15) is 0 Å². The highest BCUT2D eigenvalue weighted by atomic mass is 79.9. The Morgan fingerprint density at radius 1 is 1.33 bits per heavy atom. The summed E-state index contributed by atoms with van der Waals surface area (Å²) in [6.07, 6.45) is 3.37. The van der Waals surface area contributed by atoms with Crippen LogP contribution in [-0.4, -0.2) is 9.78 Å². The molecule has 0 radical (unpaired) electrons. The van der Waals surface area contributed by atoms with Crippen molar-refractivity contribution in [3.8, 4) is 0 Å². The van der Waals surface area contributed by atoms with Gasteiger partial charge in [0.2, 0.25) is 0 Å². The molecule has 0 N–H and O–H groups in total. The van der Waals surface area contributed by atoms with Crippen molar-refractivity contribution in [2.45, 2.75) is 6.54 Å². The quantitative estimate of drug-likeness (QED) is 0.820. The van der Waals surface area contributed by atoms with Gasteiger partial charge in [-0.3, -0.25) is 4.68 Å². The van der Waals surface area contributed by atoms with E-state index in [1.165, 1.54) is 0 Å². The molecule has 0 amide bonds. The van der Waals surface area contributed by atoms with Gasteiger partial charge in [-0.05, 0) is 17.7 Å². The van der Waals surface area contributed by atoms with Crippen molar-refractivity contribution < 1.29 is 0 Å². The van der Waals surface area contributed by atoms with Crippen LogP contribution >= 0.6 is 39.1 Å². The number of halogens is 3. The average Bonchev–Trinajstić information content (AvgIpc) is 2.56. The van der Waals surface area contributed by atoms with Crippen LogP contribution in [0.4, 0.5) is 0 Å². The highest BCUT2D eigenvalue weighted by molar-refractivity contribution is 9.10. The molecular formula is C10H7BrCl2N2. The molecule has 0 unspecified atom stereocenters. The Hall–Kier alpha value is -0.510. The first-order chi connectivity index (χ1) is 7.15.